The maximum Gasteiger partial charge on any atom is 0.306 e. The smallest absolute Gasteiger partial charge is 0.306 e. The van der Waals surface area contributed by atoms with Gasteiger partial charge in [0.1, 0.15) is 0 Å². The number of hydrogen-bond donors (Lipinski definition) is 2. The number of aliphatic carboxylic acids is 1. The Morgan fingerprint density at radius 3 is 2.95 bits per heavy atom. The molecule has 3 rings (SSSR count). The molecular formula is C17H21NO2S. The van der Waals surface area contributed by atoms with Gasteiger partial charge in [-0.15, -0.1) is 11.3 Å². The Bertz CT molecular complexity index is 604. The summed E-state index contributed by atoms with van der Waals surface area (Å²) in [6.07, 6.45) is 3.67. The van der Waals surface area contributed by atoms with E-state index in [1.165, 1.54) is 15.0 Å². The number of rotatable bonds is 4. The molecule has 3 unspecified atom stereocenters. The van der Waals surface area contributed by atoms with E-state index in [-0.39, 0.29) is 12.0 Å². The highest BCUT2D eigenvalue weighted by atomic mass is 32.1. The van der Waals surface area contributed by atoms with Gasteiger partial charge in [-0.05, 0) is 43.7 Å². The summed E-state index contributed by atoms with van der Waals surface area (Å²) < 4.78 is 1.31. The molecule has 2 aromatic rings. The quantitative estimate of drug-likeness (QED) is 0.890. The molecule has 21 heavy (non-hydrogen) atoms. The Balaban J connectivity index is 1.68. The van der Waals surface area contributed by atoms with Gasteiger partial charge in [-0.2, -0.15) is 0 Å². The third-order valence-electron chi connectivity index (χ3n) is 4.38. The van der Waals surface area contributed by atoms with Crippen LogP contribution in [0.5, 0.6) is 0 Å². The zero-order valence-electron chi connectivity index (χ0n) is 12.2. The molecule has 4 heteroatoms. The Labute approximate surface area is 129 Å². The van der Waals surface area contributed by atoms with Gasteiger partial charge < -0.3 is 10.4 Å². The maximum absolute atomic E-state index is 11.1. The van der Waals surface area contributed by atoms with Crippen molar-refractivity contribution < 1.29 is 9.90 Å². The van der Waals surface area contributed by atoms with Crippen molar-refractivity contribution in [2.45, 2.75) is 44.7 Å². The molecule has 1 aromatic carbocycles. The molecule has 1 saturated carbocycles. The first-order valence-electron chi connectivity index (χ1n) is 7.61. The lowest BCUT2D eigenvalue weighted by Crippen LogP contribution is -2.37. The summed E-state index contributed by atoms with van der Waals surface area (Å²) in [5.41, 5.74) is 0. The third-order valence-corrected chi connectivity index (χ3v) is 5.68. The number of nitrogens with one attached hydrogen (secondary N) is 1. The third kappa shape index (κ3) is 3.27. The lowest BCUT2D eigenvalue weighted by molar-refractivity contribution is -0.143. The second-order valence-electron chi connectivity index (χ2n) is 5.97. The first-order valence-corrected chi connectivity index (χ1v) is 8.42. The Morgan fingerprint density at radius 1 is 1.38 bits per heavy atom. The van der Waals surface area contributed by atoms with Gasteiger partial charge in [0, 0.05) is 21.7 Å². The van der Waals surface area contributed by atoms with Crippen molar-refractivity contribution in [2.24, 2.45) is 5.92 Å². The van der Waals surface area contributed by atoms with Gasteiger partial charge in [-0.3, -0.25) is 4.79 Å². The molecule has 3 atom stereocenters. The van der Waals surface area contributed by atoms with E-state index in [4.69, 9.17) is 0 Å². The van der Waals surface area contributed by atoms with Gasteiger partial charge in [0.2, 0.25) is 0 Å². The fourth-order valence-electron chi connectivity index (χ4n) is 3.22. The molecule has 0 bridgehead atoms. The average molecular weight is 303 g/mol. The molecule has 1 aliphatic carbocycles. The van der Waals surface area contributed by atoms with Gasteiger partial charge >= 0.3 is 5.97 Å². The van der Waals surface area contributed by atoms with Crippen LogP contribution in [-0.4, -0.2) is 17.1 Å². The van der Waals surface area contributed by atoms with Crippen LogP contribution in [0.25, 0.3) is 10.1 Å². The summed E-state index contributed by atoms with van der Waals surface area (Å²) in [6, 6.07) is 11.3. The maximum atomic E-state index is 11.1. The summed E-state index contributed by atoms with van der Waals surface area (Å²) in [6.45, 7) is 2.18. The topological polar surface area (TPSA) is 49.3 Å². The number of carboxylic acid groups (broad SMARTS) is 1. The van der Waals surface area contributed by atoms with Gasteiger partial charge in [0.05, 0.1) is 5.92 Å². The number of carbonyl (C=O) groups is 1. The van der Waals surface area contributed by atoms with E-state index in [9.17, 15) is 9.90 Å². The molecule has 1 aliphatic rings. The van der Waals surface area contributed by atoms with Crippen LogP contribution < -0.4 is 5.32 Å². The number of benzene rings is 1. The minimum atomic E-state index is -0.643. The molecule has 2 N–H and O–H groups in total. The minimum Gasteiger partial charge on any atom is -0.481 e. The molecule has 1 heterocycles. The van der Waals surface area contributed by atoms with Crippen LogP contribution in [0.2, 0.25) is 0 Å². The highest BCUT2D eigenvalue weighted by molar-refractivity contribution is 7.19. The second-order valence-corrected chi connectivity index (χ2v) is 7.09. The standard InChI is InChI=1S/C17H21NO2S/c1-11(16-10-12-5-2-3-8-15(12)21-16)18-14-7-4-6-13(9-14)17(19)20/h2-3,5,8,10-11,13-14,18H,4,6-7,9H2,1H3,(H,19,20). The predicted molar refractivity (Wildman–Crippen MR) is 86.8 cm³/mol. The van der Waals surface area contributed by atoms with Gasteiger partial charge in [-0.1, -0.05) is 24.6 Å². The molecule has 1 fully saturated rings. The van der Waals surface area contributed by atoms with E-state index in [1.54, 1.807) is 0 Å². The van der Waals surface area contributed by atoms with Crippen molar-refractivity contribution in [3.63, 3.8) is 0 Å². The van der Waals surface area contributed by atoms with Crippen LogP contribution in [0.4, 0.5) is 0 Å². The monoisotopic (exact) mass is 303 g/mol. The summed E-state index contributed by atoms with van der Waals surface area (Å²) in [5.74, 6) is -0.818. The van der Waals surface area contributed by atoms with Crippen molar-refractivity contribution in [1.29, 1.82) is 0 Å². The molecule has 0 aliphatic heterocycles. The Hall–Kier alpha value is -1.39. The number of fused-ring (bicyclic) bond motifs is 1. The van der Waals surface area contributed by atoms with E-state index < -0.39 is 5.97 Å². The molecule has 112 valence electrons. The lowest BCUT2D eigenvalue weighted by atomic mass is 9.85. The van der Waals surface area contributed by atoms with Gasteiger partial charge in [-0.25, -0.2) is 0 Å². The largest absolute Gasteiger partial charge is 0.481 e. The second kappa shape index (κ2) is 6.16. The first kappa shape index (κ1) is 14.5. The van der Waals surface area contributed by atoms with Crippen LogP contribution in [0, 0.1) is 5.92 Å². The van der Waals surface area contributed by atoms with E-state index >= 15 is 0 Å². The van der Waals surface area contributed by atoms with Crippen LogP contribution >= 0.6 is 11.3 Å². The van der Waals surface area contributed by atoms with Crippen LogP contribution in [0.3, 0.4) is 0 Å². The Morgan fingerprint density at radius 2 is 2.19 bits per heavy atom. The molecule has 0 saturated heterocycles. The van der Waals surface area contributed by atoms with E-state index in [1.807, 2.05) is 11.3 Å². The fourth-order valence-corrected chi connectivity index (χ4v) is 4.29. The molecule has 1 aromatic heterocycles. The predicted octanol–water partition coefficient (Wildman–Crippen LogP) is 4.20. The first-order chi connectivity index (χ1) is 10.1. The van der Waals surface area contributed by atoms with Crippen LogP contribution in [0.1, 0.15) is 43.5 Å². The van der Waals surface area contributed by atoms with E-state index in [0.29, 0.717) is 6.04 Å². The van der Waals surface area contributed by atoms with Crippen molar-refractivity contribution in [1.82, 2.24) is 5.32 Å². The average Bonchev–Trinajstić information content (AvgIpc) is 2.91. The van der Waals surface area contributed by atoms with Crippen molar-refractivity contribution in [3.8, 4) is 0 Å². The van der Waals surface area contributed by atoms with Gasteiger partial charge in [0.15, 0.2) is 0 Å². The summed E-state index contributed by atoms with van der Waals surface area (Å²) in [4.78, 5) is 12.5. The summed E-state index contributed by atoms with van der Waals surface area (Å²) >= 11 is 1.82. The molecule has 0 spiro atoms. The van der Waals surface area contributed by atoms with E-state index in [0.717, 1.165) is 25.7 Å². The number of hydrogen-bond acceptors (Lipinski definition) is 3. The van der Waals surface area contributed by atoms with Gasteiger partial charge in [0.25, 0.3) is 0 Å². The molecule has 3 nitrogen and oxygen atoms in total. The summed E-state index contributed by atoms with van der Waals surface area (Å²) in [7, 11) is 0. The molecule has 0 amide bonds. The normalized spacial score (nSPS) is 24.0. The van der Waals surface area contributed by atoms with Crippen molar-refractivity contribution in [3.05, 3.63) is 35.2 Å². The highest BCUT2D eigenvalue weighted by Gasteiger charge is 2.27. The highest BCUT2D eigenvalue weighted by Crippen LogP contribution is 2.31. The Kier molecular flexibility index (Phi) is 4.27. The number of carboxylic acids is 1. The van der Waals surface area contributed by atoms with Crippen molar-refractivity contribution in [2.75, 3.05) is 0 Å². The minimum absolute atomic E-state index is 0.175. The van der Waals surface area contributed by atoms with E-state index in [2.05, 4.69) is 42.6 Å². The molecule has 0 radical (unpaired) electrons. The molecular weight excluding hydrogens is 282 g/mol. The fraction of sp³-hybridized carbons (Fsp3) is 0.471. The SMILES string of the molecule is CC(NC1CCCC(C(=O)O)C1)c1cc2ccccc2s1. The lowest BCUT2D eigenvalue weighted by Gasteiger charge is -2.29. The summed E-state index contributed by atoms with van der Waals surface area (Å²) in [5, 5.41) is 14.1. The van der Waals surface area contributed by atoms with Crippen LogP contribution in [0.15, 0.2) is 30.3 Å². The zero-order chi connectivity index (χ0) is 14.8. The van der Waals surface area contributed by atoms with Crippen molar-refractivity contribution >= 4 is 27.4 Å². The zero-order valence-corrected chi connectivity index (χ0v) is 13.0. The van der Waals surface area contributed by atoms with Crippen LogP contribution in [-0.2, 0) is 4.79 Å². The number of thiophene rings is 1.